The molecule has 3 aromatic heterocycles. The van der Waals surface area contributed by atoms with Crippen molar-refractivity contribution in [3.8, 4) is 11.4 Å². The van der Waals surface area contributed by atoms with Crippen molar-refractivity contribution in [1.29, 1.82) is 0 Å². The van der Waals surface area contributed by atoms with Gasteiger partial charge in [-0.25, -0.2) is 9.97 Å². The number of anilines is 1. The monoisotopic (exact) mass is 324 g/mol. The van der Waals surface area contributed by atoms with Gasteiger partial charge in [-0.2, -0.15) is 14.6 Å². The molecular weight excluding hydrogens is 304 g/mol. The highest BCUT2D eigenvalue weighted by Crippen LogP contribution is 2.25. The molecule has 0 N–H and O–H groups in total. The van der Waals surface area contributed by atoms with Crippen molar-refractivity contribution in [3.63, 3.8) is 0 Å². The third-order valence-corrected chi connectivity index (χ3v) is 4.47. The number of rotatable bonds is 2. The summed E-state index contributed by atoms with van der Waals surface area (Å²) in [5.74, 6) is 2.54. The van der Waals surface area contributed by atoms with E-state index in [0.29, 0.717) is 23.3 Å². The Balaban J connectivity index is 1.72. The molecule has 0 aromatic carbocycles. The van der Waals surface area contributed by atoms with E-state index in [-0.39, 0.29) is 0 Å². The second kappa shape index (κ2) is 5.77. The van der Waals surface area contributed by atoms with E-state index in [1.807, 2.05) is 13.0 Å². The average molecular weight is 324 g/mol. The summed E-state index contributed by atoms with van der Waals surface area (Å²) in [7, 11) is 0. The van der Waals surface area contributed by atoms with Gasteiger partial charge in [0.1, 0.15) is 12.0 Å². The number of hydrogen-bond acceptors (Lipinski definition) is 7. The van der Waals surface area contributed by atoms with Gasteiger partial charge < -0.3 is 4.90 Å². The largest absolute Gasteiger partial charge is 0.340 e. The van der Waals surface area contributed by atoms with Crippen LogP contribution in [-0.2, 0) is 0 Å². The molecule has 24 heavy (non-hydrogen) atoms. The standard InChI is InChI=1S/C16H20N8/c1-10-6-11(2)8-23(7-10)15-17-5-4-13(20-15)14-12(3)24-16(22-21-14)18-9-19-24/h4-5,9-11H,6-8H2,1-3H3. The summed E-state index contributed by atoms with van der Waals surface area (Å²) < 4.78 is 1.68. The van der Waals surface area contributed by atoms with Crippen molar-refractivity contribution >= 4 is 11.7 Å². The lowest BCUT2D eigenvalue weighted by molar-refractivity contribution is 0.353. The smallest absolute Gasteiger partial charge is 0.271 e. The summed E-state index contributed by atoms with van der Waals surface area (Å²) in [5.41, 5.74) is 2.32. The molecule has 8 heteroatoms. The third-order valence-electron chi connectivity index (χ3n) is 4.47. The molecule has 0 amide bonds. The summed E-state index contributed by atoms with van der Waals surface area (Å²) in [6.45, 7) is 8.47. The van der Waals surface area contributed by atoms with E-state index < -0.39 is 0 Å². The quantitative estimate of drug-likeness (QED) is 0.710. The Morgan fingerprint density at radius 3 is 2.67 bits per heavy atom. The maximum absolute atomic E-state index is 4.74. The maximum atomic E-state index is 4.74. The first-order chi connectivity index (χ1) is 11.6. The van der Waals surface area contributed by atoms with Crippen LogP contribution in [0.15, 0.2) is 18.6 Å². The Labute approximate surface area is 140 Å². The van der Waals surface area contributed by atoms with Gasteiger partial charge in [-0.05, 0) is 31.2 Å². The molecule has 1 aliphatic heterocycles. The van der Waals surface area contributed by atoms with E-state index in [1.54, 1.807) is 10.7 Å². The van der Waals surface area contributed by atoms with Crippen LogP contribution in [0.3, 0.4) is 0 Å². The molecule has 8 nitrogen and oxygen atoms in total. The van der Waals surface area contributed by atoms with E-state index in [9.17, 15) is 0 Å². The van der Waals surface area contributed by atoms with Crippen LogP contribution in [0, 0.1) is 18.8 Å². The van der Waals surface area contributed by atoms with Crippen LogP contribution in [0.1, 0.15) is 26.0 Å². The number of nitrogens with zero attached hydrogens (tertiary/aromatic N) is 8. The Bertz CT molecular complexity index is 863. The fourth-order valence-corrected chi connectivity index (χ4v) is 3.50. The lowest BCUT2D eigenvalue weighted by Gasteiger charge is -2.35. The highest BCUT2D eigenvalue weighted by molar-refractivity contribution is 5.58. The number of aromatic nitrogens is 7. The molecule has 4 rings (SSSR count). The van der Waals surface area contributed by atoms with Crippen molar-refractivity contribution in [1.82, 2.24) is 34.8 Å². The Kier molecular flexibility index (Phi) is 3.59. The first-order valence-corrected chi connectivity index (χ1v) is 8.23. The van der Waals surface area contributed by atoms with Crippen molar-refractivity contribution < 1.29 is 0 Å². The number of fused-ring (bicyclic) bond motifs is 1. The molecule has 1 aliphatic rings. The van der Waals surface area contributed by atoms with Crippen molar-refractivity contribution in [2.24, 2.45) is 11.8 Å². The van der Waals surface area contributed by atoms with Crippen LogP contribution in [0.4, 0.5) is 5.95 Å². The zero-order valence-electron chi connectivity index (χ0n) is 14.1. The van der Waals surface area contributed by atoms with Gasteiger partial charge in [0.2, 0.25) is 5.95 Å². The number of aryl methyl sites for hydroxylation is 1. The molecule has 0 radical (unpaired) electrons. The van der Waals surface area contributed by atoms with E-state index in [0.717, 1.165) is 30.4 Å². The molecule has 3 aromatic rings. The fraction of sp³-hybridized carbons (Fsp3) is 0.500. The van der Waals surface area contributed by atoms with Crippen LogP contribution in [0.2, 0.25) is 0 Å². The average Bonchev–Trinajstić information content (AvgIpc) is 3.04. The van der Waals surface area contributed by atoms with Crippen LogP contribution >= 0.6 is 0 Å². The van der Waals surface area contributed by atoms with Crippen LogP contribution < -0.4 is 4.90 Å². The summed E-state index contributed by atoms with van der Waals surface area (Å²) in [6.07, 6.45) is 4.51. The van der Waals surface area contributed by atoms with E-state index in [1.165, 1.54) is 12.7 Å². The molecule has 0 aliphatic carbocycles. The molecule has 0 saturated carbocycles. The van der Waals surface area contributed by atoms with E-state index in [2.05, 4.69) is 44.0 Å². The van der Waals surface area contributed by atoms with Gasteiger partial charge in [0.15, 0.2) is 0 Å². The van der Waals surface area contributed by atoms with Gasteiger partial charge >= 0.3 is 0 Å². The predicted molar refractivity (Wildman–Crippen MR) is 89.5 cm³/mol. The predicted octanol–water partition coefficient (Wildman–Crippen LogP) is 1.77. The van der Waals surface area contributed by atoms with Crippen molar-refractivity contribution in [3.05, 3.63) is 24.3 Å². The summed E-state index contributed by atoms with van der Waals surface area (Å²) in [5, 5.41) is 12.6. The molecule has 1 fully saturated rings. The number of hydrogen-bond donors (Lipinski definition) is 0. The highest BCUT2D eigenvalue weighted by Gasteiger charge is 2.24. The van der Waals surface area contributed by atoms with Crippen molar-refractivity contribution in [2.75, 3.05) is 18.0 Å². The van der Waals surface area contributed by atoms with Crippen molar-refractivity contribution in [2.45, 2.75) is 27.2 Å². The second-order valence-electron chi connectivity index (χ2n) is 6.70. The van der Waals surface area contributed by atoms with Crippen LogP contribution in [0.25, 0.3) is 17.2 Å². The van der Waals surface area contributed by atoms with Crippen LogP contribution in [-0.4, -0.2) is 47.9 Å². The summed E-state index contributed by atoms with van der Waals surface area (Å²) >= 11 is 0. The molecule has 0 bridgehead atoms. The fourth-order valence-electron chi connectivity index (χ4n) is 3.50. The topological polar surface area (TPSA) is 85.0 Å². The van der Waals surface area contributed by atoms with Gasteiger partial charge in [0, 0.05) is 19.3 Å². The van der Waals surface area contributed by atoms with Gasteiger partial charge in [-0.15, -0.1) is 10.2 Å². The molecule has 0 spiro atoms. The maximum Gasteiger partial charge on any atom is 0.271 e. The normalized spacial score (nSPS) is 21.4. The van der Waals surface area contributed by atoms with E-state index >= 15 is 0 Å². The highest BCUT2D eigenvalue weighted by atomic mass is 15.4. The second-order valence-corrected chi connectivity index (χ2v) is 6.70. The lowest BCUT2D eigenvalue weighted by atomic mass is 9.92. The molecule has 2 atom stereocenters. The number of piperidine rings is 1. The summed E-state index contributed by atoms with van der Waals surface area (Å²) in [4.78, 5) is 15.5. The van der Waals surface area contributed by atoms with Gasteiger partial charge in [-0.3, -0.25) is 0 Å². The Hall–Kier alpha value is -2.64. The van der Waals surface area contributed by atoms with Gasteiger partial charge in [-0.1, -0.05) is 13.8 Å². The molecule has 124 valence electrons. The Morgan fingerprint density at radius 1 is 1.08 bits per heavy atom. The lowest BCUT2D eigenvalue weighted by Crippen LogP contribution is -2.39. The molecule has 4 heterocycles. The minimum absolute atomic E-state index is 0.490. The Morgan fingerprint density at radius 2 is 1.88 bits per heavy atom. The molecule has 1 saturated heterocycles. The third kappa shape index (κ3) is 2.57. The zero-order valence-corrected chi connectivity index (χ0v) is 14.1. The summed E-state index contributed by atoms with van der Waals surface area (Å²) in [6, 6.07) is 1.86. The first-order valence-electron chi connectivity index (χ1n) is 8.23. The van der Waals surface area contributed by atoms with E-state index in [4.69, 9.17) is 4.98 Å². The minimum Gasteiger partial charge on any atom is -0.340 e. The molecular formula is C16H20N8. The minimum atomic E-state index is 0.490. The molecule has 2 unspecified atom stereocenters. The zero-order chi connectivity index (χ0) is 16.7. The van der Waals surface area contributed by atoms with Gasteiger partial charge in [0.05, 0.1) is 11.4 Å². The first kappa shape index (κ1) is 14.9. The van der Waals surface area contributed by atoms with Gasteiger partial charge in [0.25, 0.3) is 5.78 Å². The van der Waals surface area contributed by atoms with Crippen LogP contribution in [0.5, 0.6) is 0 Å². The SMILES string of the molecule is Cc1c(-c2ccnc(N3CC(C)CC(C)C3)n2)nnc2ncnn12.